The predicted octanol–water partition coefficient (Wildman–Crippen LogP) is 4.46. The first-order chi connectivity index (χ1) is 11.2. The SMILES string of the molecule is O=C(CSc1ncc(-c2ccccc2)[nH]1)Nc1ccc(Cl)cc1. The lowest BCUT2D eigenvalue weighted by Crippen LogP contribution is -2.13. The highest BCUT2D eigenvalue weighted by atomic mass is 35.5. The highest BCUT2D eigenvalue weighted by molar-refractivity contribution is 7.99. The molecule has 3 rings (SSSR count). The van der Waals surface area contributed by atoms with Gasteiger partial charge in [-0.15, -0.1) is 0 Å². The van der Waals surface area contributed by atoms with E-state index in [0.717, 1.165) is 22.1 Å². The van der Waals surface area contributed by atoms with Crippen LogP contribution in [-0.4, -0.2) is 21.6 Å². The number of nitrogens with one attached hydrogen (secondary N) is 2. The van der Waals surface area contributed by atoms with Gasteiger partial charge in [0, 0.05) is 10.7 Å². The maximum Gasteiger partial charge on any atom is 0.234 e. The molecule has 1 heterocycles. The fraction of sp³-hybridized carbons (Fsp3) is 0.0588. The van der Waals surface area contributed by atoms with Gasteiger partial charge in [0.1, 0.15) is 0 Å². The van der Waals surface area contributed by atoms with Crippen molar-refractivity contribution in [1.29, 1.82) is 0 Å². The van der Waals surface area contributed by atoms with E-state index in [4.69, 9.17) is 11.6 Å². The zero-order valence-electron chi connectivity index (χ0n) is 12.1. The third-order valence-corrected chi connectivity index (χ3v) is 4.24. The number of carbonyl (C=O) groups is 1. The van der Waals surface area contributed by atoms with Gasteiger partial charge in [-0.2, -0.15) is 0 Å². The second kappa shape index (κ2) is 7.35. The molecule has 3 aromatic rings. The van der Waals surface area contributed by atoms with E-state index in [-0.39, 0.29) is 11.7 Å². The van der Waals surface area contributed by atoms with Crippen LogP contribution in [0.5, 0.6) is 0 Å². The number of carbonyl (C=O) groups excluding carboxylic acids is 1. The Bertz CT molecular complexity index is 787. The number of H-pyrrole nitrogens is 1. The molecule has 2 N–H and O–H groups in total. The molecule has 1 amide bonds. The highest BCUT2D eigenvalue weighted by Gasteiger charge is 2.07. The smallest absolute Gasteiger partial charge is 0.234 e. The number of amides is 1. The predicted molar refractivity (Wildman–Crippen MR) is 94.8 cm³/mol. The Morgan fingerprint density at radius 2 is 1.87 bits per heavy atom. The standard InChI is InChI=1S/C17H14ClN3OS/c18-13-6-8-14(9-7-13)20-16(22)11-23-17-19-10-15(21-17)12-4-2-1-3-5-12/h1-10H,11H2,(H,19,21)(H,20,22). The van der Waals surface area contributed by atoms with Crippen molar-refractivity contribution in [1.82, 2.24) is 9.97 Å². The molecule has 0 radical (unpaired) electrons. The van der Waals surface area contributed by atoms with E-state index in [1.54, 1.807) is 30.5 Å². The van der Waals surface area contributed by atoms with Gasteiger partial charge in [0.2, 0.25) is 5.91 Å². The van der Waals surface area contributed by atoms with Crippen LogP contribution in [0, 0.1) is 0 Å². The van der Waals surface area contributed by atoms with Gasteiger partial charge in [-0.05, 0) is 29.8 Å². The molecule has 1 aromatic heterocycles. The van der Waals surface area contributed by atoms with Crippen LogP contribution in [0.15, 0.2) is 66.0 Å². The van der Waals surface area contributed by atoms with E-state index in [1.807, 2.05) is 30.3 Å². The molecule has 116 valence electrons. The number of nitrogens with zero attached hydrogens (tertiary/aromatic N) is 1. The van der Waals surface area contributed by atoms with E-state index in [9.17, 15) is 4.79 Å². The largest absolute Gasteiger partial charge is 0.333 e. The van der Waals surface area contributed by atoms with Gasteiger partial charge in [0.05, 0.1) is 17.6 Å². The summed E-state index contributed by atoms with van der Waals surface area (Å²) in [6, 6.07) is 17.0. The van der Waals surface area contributed by atoms with E-state index < -0.39 is 0 Å². The van der Waals surface area contributed by atoms with Crippen LogP contribution in [0.4, 0.5) is 5.69 Å². The second-order valence-electron chi connectivity index (χ2n) is 4.81. The number of aromatic amines is 1. The van der Waals surface area contributed by atoms with Gasteiger partial charge in [0.15, 0.2) is 5.16 Å². The van der Waals surface area contributed by atoms with Crippen LogP contribution in [0.1, 0.15) is 0 Å². The lowest BCUT2D eigenvalue weighted by atomic mass is 10.2. The number of benzene rings is 2. The summed E-state index contributed by atoms with van der Waals surface area (Å²) < 4.78 is 0. The molecular formula is C17H14ClN3OS. The lowest BCUT2D eigenvalue weighted by Gasteiger charge is -2.04. The Kier molecular flexibility index (Phi) is 5.00. The van der Waals surface area contributed by atoms with Crippen LogP contribution in [-0.2, 0) is 4.79 Å². The van der Waals surface area contributed by atoms with E-state index in [1.165, 1.54) is 11.8 Å². The molecule has 6 heteroatoms. The Balaban J connectivity index is 1.55. The first-order valence-corrected chi connectivity index (χ1v) is 8.36. The fourth-order valence-corrected chi connectivity index (χ4v) is 2.78. The first kappa shape index (κ1) is 15.6. The van der Waals surface area contributed by atoms with Gasteiger partial charge >= 0.3 is 0 Å². The summed E-state index contributed by atoms with van der Waals surface area (Å²) in [5.41, 5.74) is 2.73. The van der Waals surface area contributed by atoms with Crippen molar-refractivity contribution in [2.75, 3.05) is 11.1 Å². The average molecular weight is 344 g/mol. The molecule has 0 fully saturated rings. The molecule has 0 saturated carbocycles. The third-order valence-electron chi connectivity index (χ3n) is 3.11. The van der Waals surface area contributed by atoms with Crippen molar-refractivity contribution in [3.63, 3.8) is 0 Å². The summed E-state index contributed by atoms with van der Waals surface area (Å²) in [5, 5.41) is 4.18. The van der Waals surface area contributed by atoms with E-state index in [0.29, 0.717) is 5.02 Å². The van der Waals surface area contributed by atoms with Gasteiger partial charge in [-0.3, -0.25) is 4.79 Å². The minimum absolute atomic E-state index is 0.0880. The van der Waals surface area contributed by atoms with Crippen LogP contribution < -0.4 is 5.32 Å². The number of rotatable bonds is 5. The summed E-state index contributed by atoms with van der Waals surface area (Å²) in [5.74, 6) is 0.194. The number of hydrogen-bond acceptors (Lipinski definition) is 3. The normalized spacial score (nSPS) is 10.5. The van der Waals surface area contributed by atoms with Crippen molar-refractivity contribution in [3.8, 4) is 11.3 Å². The second-order valence-corrected chi connectivity index (χ2v) is 6.21. The molecule has 2 aromatic carbocycles. The van der Waals surface area contributed by atoms with Crippen molar-refractivity contribution < 1.29 is 4.79 Å². The molecule has 0 aliphatic heterocycles. The molecule has 0 atom stereocenters. The van der Waals surface area contributed by atoms with Crippen LogP contribution in [0.25, 0.3) is 11.3 Å². The molecule has 0 aliphatic carbocycles. The Hall–Kier alpha value is -2.24. The number of halogens is 1. The maximum atomic E-state index is 11.9. The third kappa shape index (κ3) is 4.37. The summed E-state index contributed by atoms with van der Waals surface area (Å²) in [6.45, 7) is 0. The lowest BCUT2D eigenvalue weighted by molar-refractivity contribution is -0.113. The number of thioether (sulfide) groups is 1. The molecule has 0 spiro atoms. The minimum Gasteiger partial charge on any atom is -0.333 e. The number of aromatic nitrogens is 2. The van der Waals surface area contributed by atoms with Crippen LogP contribution in [0.3, 0.4) is 0 Å². The summed E-state index contributed by atoms with van der Waals surface area (Å²) >= 11 is 7.17. The molecule has 0 unspecified atom stereocenters. The average Bonchev–Trinajstić information content (AvgIpc) is 3.05. The monoisotopic (exact) mass is 343 g/mol. The molecular weight excluding hydrogens is 330 g/mol. The molecule has 0 aliphatic rings. The van der Waals surface area contributed by atoms with Gasteiger partial charge in [0.25, 0.3) is 0 Å². The van der Waals surface area contributed by atoms with Crippen LogP contribution in [0.2, 0.25) is 5.02 Å². The molecule has 0 bridgehead atoms. The van der Waals surface area contributed by atoms with Crippen molar-refractivity contribution in [3.05, 3.63) is 65.8 Å². The van der Waals surface area contributed by atoms with Crippen molar-refractivity contribution in [2.24, 2.45) is 0 Å². The molecule has 23 heavy (non-hydrogen) atoms. The van der Waals surface area contributed by atoms with Gasteiger partial charge in [-0.1, -0.05) is 53.7 Å². The van der Waals surface area contributed by atoms with Gasteiger partial charge in [-0.25, -0.2) is 4.98 Å². The molecule has 0 saturated heterocycles. The van der Waals surface area contributed by atoms with E-state index >= 15 is 0 Å². The number of hydrogen-bond donors (Lipinski definition) is 2. The quantitative estimate of drug-likeness (QED) is 0.672. The van der Waals surface area contributed by atoms with Crippen molar-refractivity contribution in [2.45, 2.75) is 5.16 Å². The van der Waals surface area contributed by atoms with E-state index in [2.05, 4.69) is 15.3 Å². The summed E-state index contributed by atoms with van der Waals surface area (Å²) in [4.78, 5) is 19.4. The highest BCUT2D eigenvalue weighted by Crippen LogP contribution is 2.21. The Morgan fingerprint density at radius 3 is 2.61 bits per heavy atom. The minimum atomic E-state index is -0.0880. The van der Waals surface area contributed by atoms with Crippen LogP contribution >= 0.6 is 23.4 Å². The van der Waals surface area contributed by atoms with Gasteiger partial charge < -0.3 is 10.3 Å². The zero-order valence-corrected chi connectivity index (χ0v) is 13.7. The zero-order chi connectivity index (χ0) is 16.1. The Morgan fingerprint density at radius 1 is 1.13 bits per heavy atom. The maximum absolute atomic E-state index is 11.9. The summed E-state index contributed by atoms with van der Waals surface area (Å²) in [7, 11) is 0. The first-order valence-electron chi connectivity index (χ1n) is 6.99. The topological polar surface area (TPSA) is 57.8 Å². The Labute approximate surface area is 143 Å². The summed E-state index contributed by atoms with van der Waals surface area (Å²) in [6.07, 6.45) is 1.77. The molecule has 4 nitrogen and oxygen atoms in total. The number of imidazole rings is 1. The van der Waals surface area contributed by atoms with Crippen molar-refractivity contribution >= 4 is 35.0 Å². The number of anilines is 1. The fourth-order valence-electron chi connectivity index (χ4n) is 2.00.